The molecule has 3 heteroatoms. The molecule has 0 aliphatic rings. The first-order valence-electron chi connectivity index (χ1n) is 6.81. The molecule has 0 aromatic heterocycles. The SMILES string of the molecule is CCC(CN)(Cc1ccc(F)c(Cl)c1)c1ccccc1. The first kappa shape index (κ1) is 15.0. The molecule has 0 spiro atoms. The lowest BCUT2D eigenvalue weighted by Crippen LogP contribution is -2.36. The van der Waals surface area contributed by atoms with Crippen LogP contribution in [0.2, 0.25) is 5.02 Å². The summed E-state index contributed by atoms with van der Waals surface area (Å²) in [5.74, 6) is -0.384. The predicted molar refractivity (Wildman–Crippen MR) is 82.6 cm³/mol. The van der Waals surface area contributed by atoms with Crippen LogP contribution in [0.25, 0.3) is 0 Å². The fourth-order valence-electron chi connectivity index (χ4n) is 2.60. The first-order valence-corrected chi connectivity index (χ1v) is 7.18. The molecular weight excluding hydrogens is 273 g/mol. The Morgan fingerprint density at radius 3 is 2.40 bits per heavy atom. The molecule has 0 bridgehead atoms. The normalized spacial score (nSPS) is 14.0. The molecule has 0 saturated heterocycles. The van der Waals surface area contributed by atoms with Crippen LogP contribution in [0, 0.1) is 5.82 Å². The zero-order valence-electron chi connectivity index (χ0n) is 11.6. The fourth-order valence-corrected chi connectivity index (χ4v) is 2.80. The van der Waals surface area contributed by atoms with Crippen molar-refractivity contribution in [2.45, 2.75) is 25.2 Å². The summed E-state index contributed by atoms with van der Waals surface area (Å²) in [5, 5.41) is 0.164. The van der Waals surface area contributed by atoms with Gasteiger partial charge in [-0.25, -0.2) is 4.39 Å². The van der Waals surface area contributed by atoms with Gasteiger partial charge in [0.15, 0.2) is 0 Å². The monoisotopic (exact) mass is 291 g/mol. The molecule has 0 radical (unpaired) electrons. The van der Waals surface area contributed by atoms with Crippen molar-refractivity contribution in [3.8, 4) is 0 Å². The highest BCUT2D eigenvalue weighted by Crippen LogP contribution is 2.32. The van der Waals surface area contributed by atoms with E-state index in [-0.39, 0.29) is 16.3 Å². The highest BCUT2D eigenvalue weighted by molar-refractivity contribution is 6.30. The largest absolute Gasteiger partial charge is 0.330 e. The van der Waals surface area contributed by atoms with Gasteiger partial charge in [0.2, 0.25) is 0 Å². The number of hydrogen-bond donors (Lipinski definition) is 1. The average molecular weight is 292 g/mol. The highest BCUT2D eigenvalue weighted by atomic mass is 35.5. The number of benzene rings is 2. The number of halogens is 2. The van der Waals surface area contributed by atoms with Crippen molar-refractivity contribution in [2.75, 3.05) is 6.54 Å². The minimum atomic E-state index is -0.384. The summed E-state index contributed by atoms with van der Waals surface area (Å²) in [5.41, 5.74) is 8.14. The Labute approximate surface area is 124 Å². The van der Waals surface area contributed by atoms with Gasteiger partial charge in [0.05, 0.1) is 5.02 Å². The molecule has 106 valence electrons. The molecule has 2 aromatic rings. The Morgan fingerprint density at radius 2 is 1.85 bits per heavy atom. The summed E-state index contributed by atoms with van der Waals surface area (Å²) < 4.78 is 13.3. The topological polar surface area (TPSA) is 26.0 Å². The molecule has 2 aromatic carbocycles. The third-order valence-electron chi connectivity index (χ3n) is 3.98. The van der Waals surface area contributed by atoms with E-state index in [0.29, 0.717) is 6.54 Å². The van der Waals surface area contributed by atoms with Crippen LogP contribution in [-0.4, -0.2) is 6.54 Å². The van der Waals surface area contributed by atoms with Crippen molar-refractivity contribution < 1.29 is 4.39 Å². The van der Waals surface area contributed by atoms with Gasteiger partial charge >= 0.3 is 0 Å². The number of rotatable bonds is 5. The van der Waals surface area contributed by atoms with E-state index >= 15 is 0 Å². The third kappa shape index (κ3) is 3.02. The van der Waals surface area contributed by atoms with E-state index in [1.807, 2.05) is 18.2 Å². The smallest absolute Gasteiger partial charge is 0.141 e. The Balaban J connectivity index is 2.36. The Bertz CT molecular complexity index is 564. The standard InChI is InChI=1S/C17H19ClFN/c1-2-17(12-20,14-6-4-3-5-7-14)11-13-8-9-16(19)15(18)10-13/h3-10H,2,11-12,20H2,1H3. The second-order valence-corrected chi connectivity index (χ2v) is 5.54. The Kier molecular flexibility index (Phi) is 4.79. The van der Waals surface area contributed by atoms with Gasteiger partial charge in [0.25, 0.3) is 0 Å². The summed E-state index contributed by atoms with van der Waals surface area (Å²) in [6.45, 7) is 2.67. The third-order valence-corrected chi connectivity index (χ3v) is 4.27. The summed E-state index contributed by atoms with van der Waals surface area (Å²) in [6.07, 6.45) is 1.67. The maximum Gasteiger partial charge on any atom is 0.141 e. The molecule has 0 aliphatic carbocycles. The van der Waals surface area contributed by atoms with Crippen LogP contribution in [0.4, 0.5) is 4.39 Å². The quantitative estimate of drug-likeness (QED) is 0.872. The lowest BCUT2D eigenvalue weighted by atomic mass is 9.73. The fraction of sp³-hybridized carbons (Fsp3) is 0.294. The average Bonchev–Trinajstić information content (AvgIpc) is 2.49. The predicted octanol–water partition coefficient (Wildman–Crippen LogP) is 4.33. The van der Waals surface area contributed by atoms with Crippen molar-refractivity contribution >= 4 is 11.6 Å². The second-order valence-electron chi connectivity index (χ2n) is 5.13. The molecule has 2 rings (SSSR count). The first-order chi connectivity index (χ1) is 9.61. The van der Waals surface area contributed by atoms with E-state index in [1.54, 1.807) is 12.1 Å². The minimum absolute atomic E-state index is 0.136. The molecule has 1 atom stereocenters. The van der Waals surface area contributed by atoms with Crippen LogP contribution in [0.1, 0.15) is 24.5 Å². The van der Waals surface area contributed by atoms with Gasteiger partial charge in [-0.15, -0.1) is 0 Å². The summed E-state index contributed by atoms with van der Waals surface area (Å²) >= 11 is 5.87. The lowest BCUT2D eigenvalue weighted by Gasteiger charge is -2.32. The Hall–Kier alpha value is -1.38. The molecule has 0 fully saturated rings. The van der Waals surface area contributed by atoms with Crippen molar-refractivity contribution in [2.24, 2.45) is 5.73 Å². The van der Waals surface area contributed by atoms with Gasteiger partial charge in [-0.1, -0.05) is 54.9 Å². The Morgan fingerprint density at radius 1 is 1.15 bits per heavy atom. The molecule has 0 aliphatic heterocycles. The lowest BCUT2D eigenvalue weighted by molar-refractivity contribution is 0.418. The van der Waals surface area contributed by atoms with E-state index < -0.39 is 0 Å². The second kappa shape index (κ2) is 6.38. The molecule has 20 heavy (non-hydrogen) atoms. The van der Waals surface area contributed by atoms with Crippen molar-refractivity contribution in [3.63, 3.8) is 0 Å². The zero-order chi connectivity index (χ0) is 14.6. The van der Waals surface area contributed by atoms with E-state index in [2.05, 4.69) is 19.1 Å². The summed E-state index contributed by atoms with van der Waals surface area (Å²) in [7, 11) is 0. The minimum Gasteiger partial charge on any atom is -0.330 e. The molecule has 2 N–H and O–H groups in total. The van der Waals surface area contributed by atoms with Gasteiger partial charge in [0.1, 0.15) is 5.82 Å². The molecule has 0 heterocycles. The van der Waals surface area contributed by atoms with Crippen LogP contribution in [0.15, 0.2) is 48.5 Å². The highest BCUT2D eigenvalue weighted by Gasteiger charge is 2.29. The van der Waals surface area contributed by atoms with Crippen LogP contribution in [0.3, 0.4) is 0 Å². The van der Waals surface area contributed by atoms with Gasteiger partial charge in [-0.2, -0.15) is 0 Å². The number of hydrogen-bond acceptors (Lipinski definition) is 1. The van der Waals surface area contributed by atoms with E-state index in [9.17, 15) is 4.39 Å². The van der Waals surface area contributed by atoms with Crippen LogP contribution < -0.4 is 5.73 Å². The van der Waals surface area contributed by atoms with Crippen molar-refractivity contribution in [3.05, 3.63) is 70.5 Å². The molecule has 1 unspecified atom stereocenters. The van der Waals surface area contributed by atoms with E-state index in [0.717, 1.165) is 18.4 Å². The molecule has 0 saturated carbocycles. The van der Waals surface area contributed by atoms with Gasteiger partial charge < -0.3 is 5.73 Å². The number of nitrogens with two attached hydrogens (primary N) is 1. The molecule has 1 nitrogen and oxygen atoms in total. The zero-order valence-corrected chi connectivity index (χ0v) is 12.3. The summed E-state index contributed by atoms with van der Waals surface area (Å²) in [6, 6.07) is 15.1. The van der Waals surface area contributed by atoms with Gasteiger partial charge in [0, 0.05) is 12.0 Å². The van der Waals surface area contributed by atoms with E-state index in [4.69, 9.17) is 17.3 Å². The molecular formula is C17H19ClFN. The van der Waals surface area contributed by atoms with Crippen LogP contribution >= 0.6 is 11.6 Å². The maximum atomic E-state index is 13.3. The van der Waals surface area contributed by atoms with E-state index in [1.165, 1.54) is 11.6 Å². The van der Waals surface area contributed by atoms with Gasteiger partial charge in [-0.3, -0.25) is 0 Å². The van der Waals surface area contributed by atoms with Crippen molar-refractivity contribution in [1.29, 1.82) is 0 Å². The van der Waals surface area contributed by atoms with Crippen LogP contribution in [-0.2, 0) is 11.8 Å². The van der Waals surface area contributed by atoms with Crippen LogP contribution in [0.5, 0.6) is 0 Å². The summed E-state index contributed by atoms with van der Waals surface area (Å²) in [4.78, 5) is 0. The molecule has 0 amide bonds. The maximum absolute atomic E-state index is 13.3. The van der Waals surface area contributed by atoms with Gasteiger partial charge in [-0.05, 0) is 36.1 Å². The van der Waals surface area contributed by atoms with Crippen molar-refractivity contribution in [1.82, 2.24) is 0 Å².